The Morgan fingerprint density at radius 3 is 2.39 bits per heavy atom. The molecule has 110 valence electrons. The summed E-state index contributed by atoms with van der Waals surface area (Å²) in [7, 11) is -1.26. The second-order valence-corrected chi connectivity index (χ2v) is 7.15. The maximum absolute atomic E-state index is 11.5. The number of sulfone groups is 1. The van der Waals surface area contributed by atoms with Crippen molar-refractivity contribution in [1.82, 2.24) is 5.32 Å². The molecule has 0 bridgehead atoms. The number of rotatable bonds is 12. The number of nitrogens with one attached hydrogen (secondary N) is 1. The normalized spacial score (nSPS) is 12.2. The van der Waals surface area contributed by atoms with Crippen LogP contribution in [0.25, 0.3) is 0 Å². The van der Waals surface area contributed by atoms with Gasteiger partial charge in [0.15, 0.2) is 9.84 Å². The smallest absolute Gasteiger partial charge is 0.153 e. The molecule has 0 aromatic rings. The predicted octanol–water partition coefficient (Wildman–Crippen LogP) is 0.842. The van der Waals surface area contributed by atoms with E-state index in [0.29, 0.717) is 19.8 Å². The van der Waals surface area contributed by atoms with E-state index in [0.717, 1.165) is 26.0 Å². The van der Waals surface area contributed by atoms with Crippen molar-refractivity contribution in [1.29, 1.82) is 0 Å². The van der Waals surface area contributed by atoms with Gasteiger partial charge in [-0.3, -0.25) is 0 Å². The van der Waals surface area contributed by atoms with Crippen molar-refractivity contribution in [2.75, 3.05) is 45.8 Å². The van der Waals surface area contributed by atoms with Gasteiger partial charge in [0, 0.05) is 20.3 Å². The zero-order chi connectivity index (χ0) is 13.9. The highest BCUT2D eigenvalue weighted by Gasteiger charge is 2.14. The fourth-order valence-corrected chi connectivity index (χ4v) is 2.17. The van der Waals surface area contributed by atoms with Gasteiger partial charge in [-0.05, 0) is 33.2 Å². The fraction of sp³-hybridized carbons (Fsp3) is 1.00. The van der Waals surface area contributed by atoms with Gasteiger partial charge in [-0.1, -0.05) is 0 Å². The van der Waals surface area contributed by atoms with E-state index >= 15 is 0 Å². The lowest BCUT2D eigenvalue weighted by molar-refractivity contribution is 0.0688. The van der Waals surface area contributed by atoms with Crippen molar-refractivity contribution in [2.24, 2.45) is 0 Å². The minimum Gasteiger partial charge on any atom is -0.382 e. The molecule has 0 unspecified atom stereocenters. The van der Waals surface area contributed by atoms with Crippen molar-refractivity contribution in [3.63, 3.8) is 0 Å². The van der Waals surface area contributed by atoms with E-state index in [1.54, 1.807) is 21.0 Å². The average molecular weight is 281 g/mol. The molecule has 0 fully saturated rings. The molecule has 0 amide bonds. The number of unbranched alkanes of at least 4 members (excludes halogenated alkanes) is 1. The van der Waals surface area contributed by atoms with Crippen molar-refractivity contribution in [2.45, 2.75) is 31.9 Å². The van der Waals surface area contributed by atoms with E-state index in [1.807, 2.05) is 0 Å². The number of hydrogen-bond donors (Lipinski definition) is 1. The molecule has 6 heteroatoms. The Kier molecular flexibility index (Phi) is 10.6. The Balaban J connectivity index is 3.27. The quantitative estimate of drug-likeness (QED) is 0.537. The van der Waals surface area contributed by atoms with Crippen molar-refractivity contribution in [3.05, 3.63) is 0 Å². The van der Waals surface area contributed by atoms with Crippen LogP contribution in [0.1, 0.15) is 26.7 Å². The molecule has 0 saturated carbocycles. The van der Waals surface area contributed by atoms with Crippen LogP contribution in [0.5, 0.6) is 0 Å². The standard InChI is InChI=1S/C12H27NO4S/c1-12(2)18(14,15)11-7-13-6-4-5-8-17-10-9-16-3/h12-13H,4-11H2,1-3H3. The van der Waals surface area contributed by atoms with Gasteiger partial charge in [0.05, 0.1) is 24.2 Å². The first-order chi connectivity index (χ1) is 8.50. The average Bonchev–Trinajstić information content (AvgIpc) is 2.31. The second-order valence-electron chi connectivity index (χ2n) is 4.48. The lowest BCUT2D eigenvalue weighted by atomic mass is 10.3. The van der Waals surface area contributed by atoms with Crippen LogP contribution >= 0.6 is 0 Å². The van der Waals surface area contributed by atoms with Crippen LogP contribution in [-0.2, 0) is 19.3 Å². The Morgan fingerprint density at radius 1 is 1.06 bits per heavy atom. The molecular formula is C12H27NO4S. The molecule has 0 aliphatic carbocycles. The minimum atomic E-state index is -2.91. The topological polar surface area (TPSA) is 64.6 Å². The van der Waals surface area contributed by atoms with Crippen molar-refractivity contribution < 1.29 is 17.9 Å². The van der Waals surface area contributed by atoms with Crippen LogP contribution in [0.4, 0.5) is 0 Å². The summed E-state index contributed by atoms with van der Waals surface area (Å²) in [5, 5.41) is 2.86. The van der Waals surface area contributed by atoms with Crippen LogP contribution < -0.4 is 5.32 Å². The van der Waals surface area contributed by atoms with Crippen LogP contribution in [0, 0.1) is 0 Å². The van der Waals surface area contributed by atoms with E-state index in [9.17, 15) is 8.42 Å². The van der Waals surface area contributed by atoms with Crippen LogP contribution in [0.3, 0.4) is 0 Å². The summed E-state index contributed by atoms with van der Waals surface area (Å²) in [6.07, 6.45) is 1.97. The number of methoxy groups -OCH3 is 1. The maximum atomic E-state index is 11.5. The molecule has 1 N–H and O–H groups in total. The summed E-state index contributed by atoms with van der Waals surface area (Å²) >= 11 is 0. The fourth-order valence-electron chi connectivity index (χ4n) is 1.27. The summed E-state index contributed by atoms with van der Waals surface area (Å²) in [6, 6.07) is 0. The molecule has 5 nitrogen and oxygen atoms in total. The van der Waals surface area contributed by atoms with Gasteiger partial charge in [0.2, 0.25) is 0 Å². The molecular weight excluding hydrogens is 254 g/mol. The Labute approximate surface area is 111 Å². The number of hydrogen-bond acceptors (Lipinski definition) is 5. The highest BCUT2D eigenvalue weighted by Crippen LogP contribution is 1.99. The molecule has 0 spiro atoms. The molecule has 0 atom stereocenters. The summed E-state index contributed by atoms with van der Waals surface area (Å²) in [5.41, 5.74) is 0. The third-order valence-electron chi connectivity index (χ3n) is 2.61. The maximum Gasteiger partial charge on any atom is 0.153 e. The van der Waals surface area contributed by atoms with Crippen molar-refractivity contribution in [3.8, 4) is 0 Å². The van der Waals surface area contributed by atoms with E-state index in [4.69, 9.17) is 9.47 Å². The van der Waals surface area contributed by atoms with Crippen LogP contribution in [0.2, 0.25) is 0 Å². The monoisotopic (exact) mass is 281 g/mol. The van der Waals surface area contributed by atoms with Crippen molar-refractivity contribution >= 4 is 9.84 Å². The minimum absolute atomic E-state index is 0.217. The molecule has 18 heavy (non-hydrogen) atoms. The highest BCUT2D eigenvalue weighted by atomic mass is 32.2. The Morgan fingerprint density at radius 2 is 1.78 bits per heavy atom. The van der Waals surface area contributed by atoms with E-state index in [2.05, 4.69) is 5.32 Å². The largest absolute Gasteiger partial charge is 0.382 e. The van der Waals surface area contributed by atoms with Gasteiger partial charge in [0.1, 0.15) is 0 Å². The van der Waals surface area contributed by atoms with Gasteiger partial charge < -0.3 is 14.8 Å². The Bertz CT molecular complexity index is 278. The summed E-state index contributed by atoms with van der Waals surface area (Å²) in [4.78, 5) is 0. The van der Waals surface area contributed by atoms with Gasteiger partial charge in [-0.15, -0.1) is 0 Å². The van der Waals surface area contributed by atoms with E-state index < -0.39 is 9.84 Å². The first-order valence-corrected chi connectivity index (χ1v) is 8.21. The molecule has 0 aromatic carbocycles. The highest BCUT2D eigenvalue weighted by molar-refractivity contribution is 7.92. The SMILES string of the molecule is COCCOCCCCNCCS(=O)(=O)C(C)C. The summed E-state index contributed by atoms with van der Waals surface area (Å²) < 4.78 is 33.2. The lowest BCUT2D eigenvalue weighted by Crippen LogP contribution is -2.27. The molecule has 0 rings (SSSR count). The summed E-state index contributed by atoms with van der Waals surface area (Å²) in [5.74, 6) is 0.217. The zero-order valence-corrected chi connectivity index (χ0v) is 12.6. The van der Waals surface area contributed by atoms with Gasteiger partial charge in [-0.25, -0.2) is 8.42 Å². The van der Waals surface area contributed by atoms with Gasteiger partial charge in [-0.2, -0.15) is 0 Å². The van der Waals surface area contributed by atoms with Crippen LogP contribution in [0.15, 0.2) is 0 Å². The van der Waals surface area contributed by atoms with E-state index in [1.165, 1.54) is 0 Å². The molecule has 0 aromatic heterocycles. The van der Waals surface area contributed by atoms with Gasteiger partial charge >= 0.3 is 0 Å². The second kappa shape index (κ2) is 10.7. The molecule has 0 aliphatic rings. The van der Waals surface area contributed by atoms with E-state index in [-0.39, 0.29) is 11.0 Å². The molecule has 0 heterocycles. The third-order valence-corrected chi connectivity index (χ3v) is 4.82. The molecule has 0 radical (unpaired) electrons. The Hall–Kier alpha value is -0.170. The lowest BCUT2D eigenvalue weighted by Gasteiger charge is -2.08. The first kappa shape index (κ1) is 17.8. The van der Waals surface area contributed by atoms with Crippen LogP contribution in [-0.4, -0.2) is 59.4 Å². The zero-order valence-electron chi connectivity index (χ0n) is 11.8. The first-order valence-electron chi connectivity index (χ1n) is 6.49. The summed E-state index contributed by atoms with van der Waals surface area (Å²) in [6.45, 7) is 6.79. The predicted molar refractivity (Wildman–Crippen MR) is 73.7 cm³/mol. The third kappa shape index (κ3) is 9.82. The molecule has 0 aliphatic heterocycles. The number of ether oxygens (including phenoxy) is 2. The molecule has 0 saturated heterocycles. The van der Waals surface area contributed by atoms with Gasteiger partial charge in [0.25, 0.3) is 0 Å².